The van der Waals surface area contributed by atoms with Crippen molar-refractivity contribution in [2.75, 3.05) is 19.7 Å². The van der Waals surface area contributed by atoms with Crippen molar-refractivity contribution in [3.8, 4) is 5.88 Å². The van der Waals surface area contributed by atoms with Crippen LogP contribution in [0.15, 0.2) is 18.3 Å². The molecule has 0 fully saturated rings. The van der Waals surface area contributed by atoms with Crippen LogP contribution < -0.4 is 4.74 Å². The Kier molecular flexibility index (Phi) is 5.96. The van der Waals surface area contributed by atoms with E-state index in [0.717, 1.165) is 0 Å². The lowest BCUT2D eigenvalue weighted by Gasteiger charge is -2.23. The normalized spacial score (nSPS) is 11.8. The number of carbonyl (C=O) groups excluding carboxylic acids is 1. The summed E-state index contributed by atoms with van der Waals surface area (Å²) in [5.74, 6) is -1.53. The highest BCUT2D eigenvalue weighted by atomic mass is 16.5. The van der Waals surface area contributed by atoms with Crippen LogP contribution in [-0.4, -0.2) is 46.6 Å². The summed E-state index contributed by atoms with van der Waals surface area (Å²) >= 11 is 0. The average molecular weight is 280 g/mol. The van der Waals surface area contributed by atoms with Gasteiger partial charge in [0.1, 0.15) is 5.56 Å². The van der Waals surface area contributed by atoms with Crippen molar-refractivity contribution in [1.29, 1.82) is 0 Å². The molecule has 0 radical (unpaired) electrons. The molecule has 110 valence electrons. The Labute approximate surface area is 118 Å². The fourth-order valence-electron chi connectivity index (χ4n) is 1.74. The number of rotatable bonds is 7. The quantitative estimate of drug-likeness (QED) is 0.821. The van der Waals surface area contributed by atoms with Crippen molar-refractivity contribution in [1.82, 2.24) is 9.88 Å². The van der Waals surface area contributed by atoms with E-state index in [0.29, 0.717) is 18.7 Å². The molecule has 0 aliphatic heterocycles. The number of carboxylic acids is 1. The predicted molar refractivity (Wildman–Crippen MR) is 73.8 cm³/mol. The minimum absolute atomic E-state index is 0.158. The van der Waals surface area contributed by atoms with E-state index in [9.17, 15) is 9.59 Å². The molecule has 6 nitrogen and oxygen atoms in total. The maximum Gasteiger partial charge on any atom is 0.308 e. The zero-order valence-electron chi connectivity index (χ0n) is 12.0. The number of amides is 1. The third-order valence-corrected chi connectivity index (χ3v) is 2.87. The highest BCUT2D eigenvalue weighted by Crippen LogP contribution is 2.17. The minimum Gasteiger partial charge on any atom is -0.481 e. The van der Waals surface area contributed by atoms with E-state index in [-0.39, 0.29) is 18.3 Å². The number of hydrogen-bond acceptors (Lipinski definition) is 4. The monoisotopic (exact) mass is 280 g/mol. The molecule has 0 spiro atoms. The predicted octanol–water partition coefficient (Wildman–Crippen LogP) is 1.66. The number of pyridine rings is 1. The second-order valence-electron chi connectivity index (χ2n) is 4.37. The summed E-state index contributed by atoms with van der Waals surface area (Å²) in [5, 5.41) is 8.94. The van der Waals surface area contributed by atoms with Gasteiger partial charge in [-0.2, -0.15) is 0 Å². The van der Waals surface area contributed by atoms with Gasteiger partial charge in [0.2, 0.25) is 5.88 Å². The van der Waals surface area contributed by atoms with Crippen molar-refractivity contribution in [3.05, 3.63) is 23.9 Å². The van der Waals surface area contributed by atoms with Gasteiger partial charge < -0.3 is 14.7 Å². The summed E-state index contributed by atoms with van der Waals surface area (Å²) in [6.07, 6.45) is 1.55. The Morgan fingerprint density at radius 2 is 2.15 bits per heavy atom. The topological polar surface area (TPSA) is 79.7 Å². The largest absolute Gasteiger partial charge is 0.481 e. The molecule has 0 saturated carbocycles. The average Bonchev–Trinajstić information content (AvgIpc) is 2.44. The Hall–Kier alpha value is -2.11. The maximum atomic E-state index is 12.4. The molecule has 1 unspecified atom stereocenters. The third-order valence-electron chi connectivity index (χ3n) is 2.87. The summed E-state index contributed by atoms with van der Waals surface area (Å²) in [4.78, 5) is 28.9. The van der Waals surface area contributed by atoms with Crippen LogP contribution in [0.5, 0.6) is 5.88 Å². The van der Waals surface area contributed by atoms with E-state index in [1.165, 1.54) is 4.90 Å². The van der Waals surface area contributed by atoms with E-state index in [2.05, 4.69) is 4.98 Å². The van der Waals surface area contributed by atoms with Crippen molar-refractivity contribution >= 4 is 11.9 Å². The zero-order valence-corrected chi connectivity index (χ0v) is 12.0. The molecule has 20 heavy (non-hydrogen) atoms. The smallest absolute Gasteiger partial charge is 0.308 e. The van der Waals surface area contributed by atoms with Gasteiger partial charge in [-0.05, 0) is 26.0 Å². The lowest BCUT2D eigenvalue weighted by Crippen LogP contribution is -2.37. The van der Waals surface area contributed by atoms with Gasteiger partial charge in [0, 0.05) is 19.3 Å². The van der Waals surface area contributed by atoms with Crippen molar-refractivity contribution < 1.29 is 19.4 Å². The van der Waals surface area contributed by atoms with Crippen LogP contribution >= 0.6 is 0 Å². The van der Waals surface area contributed by atoms with Crippen molar-refractivity contribution in [3.63, 3.8) is 0 Å². The second kappa shape index (κ2) is 7.47. The van der Waals surface area contributed by atoms with Gasteiger partial charge in [-0.25, -0.2) is 4.98 Å². The lowest BCUT2D eigenvalue weighted by molar-refractivity contribution is -0.141. The van der Waals surface area contributed by atoms with Crippen LogP contribution in [0.2, 0.25) is 0 Å². The molecule has 1 N–H and O–H groups in total. The Bertz CT molecular complexity index is 476. The molecule has 0 bridgehead atoms. The third kappa shape index (κ3) is 3.94. The number of carboxylic acid groups (broad SMARTS) is 1. The van der Waals surface area contributed by atoms with Gasteiger partial charge in [0.25, 0.3) is 5.91 Å². The van der Waals surface area contributed by atoms with Gasteiger partial charge in [-0.3, -0.25) is 9.59 Å². The number of ether oxygens (including phenoxy) is 1. The summed E-state index contributed by atoms with van der Waals surface area (Å²) in [5.41, 5.74) is 0.355. The lowest BCUT2D eigenvalue weighted by atomic mass is 10.1. The summed E-state index contributed by atoms with van der Waals surface area (Å²) in [6.45, 7) is 6.19. The number of aromatic nitrogens is 1. The van der Waals surface area contributed by atoms with Crippen LogP contribution in [0.1, 0.15) is 31.1 Å². The molecule has 1 atom stereocenters. The Morgan fingerprint density at radius 1 is 1.45 bits per heavy atom. The van der Waals surface area contributed by atoms with E-state index in [1.807, 2.05) is 13.8 Å². The first kappa shape index (κ1) is 15.9. The van der Waals surface area contributed by atoms with Crippen LogP contribution in [0.3, 0.4) is 0 Å². The molecule has 1 aromatic heterocycles. The number of carbonyl (C=O) groups is 2. The first-order valence-corrected chi connectivity index (χ1v) is 6.61. The summed E-state index contributed by atoms with van der Waals surface area (Å²) in [7, 11) is 0. The number of nitrogens with zero attached hydrogens (tertiary/aromatic N) is 2. The van der Waals surface area contributed by atoms with Crippen LogP contribution in [-0.2, 0) is 4.79 Å². The molecule has 0 aliphatic carbocycles. The molecule has 0 aromatic carbocycles. The van der Waals surface area contributed by atoms with Gasteiger partial charge >= 0.3 is 5.97 Å². The molecule has 1 amide bonds. The van der Waals surface area contributed by atoms with Gasteiger partial charge in [0.05, 0.1) is 12.5 Å². The molecule has 0 aliphatic rings. The first-order chi connectivity index (χ1) is 9.51. The fraction of sp³-hybridized carbons (Fsp3) is 0.500. The number of hydrogen-bond donors (Lipinski definition) is 1. The zero-order chi connectivity index (χ0) is 15.1. The number of aliphatic carboxylic acids is 1. The summed E-state index contributed by atoms with van der Waals surface area (Å²) in [6, 6.07) is 3.29. The van der Waals surface area contributed by atoms with E-state index < -0.39 is 11.9 Å². The van der Waals surface area contributed by atoms with Crippen molar-refractivity contribution in [2.24, 2.45) is 5.92 Å². The highest BCUT2D eigenvalue weighted by Gasteiger charge is 2.23. The van der Waals surface area contributed by atoms with Gasteiger partial charge in [0.15, 0.2) is 0 Å². The van der Waals surface area contributed by atoms with Crippen LogP contribution in [0.25, 0.3) is 0 Å². The molecule has 0 saturated heterocycles. The van der Waals surface area contributed by atoms with E-state index in [1.54, 1.807) is 25.3 Å². The van der Waals surface area contributed by atoms with Crippen LogP contribution in [0.4, 0.5) is 0 Å². The molecular formula is C14H20N2O4. The Morgan fingerprint density at radius 3 is 2.70 bits per heavy atom. The fourth-order valence-corrected chi connectivity index (χ4v) is 1.74. The first-order valence-electron chi connectivity index (χ1n) is 6.61. The molecule has 1 rings (SSSR count). The van der Waals surface area contributed by atoms with Gasteiger partial charge in [-0.15, -0.1) is 0 Å². The van der Waals surface area contributed by atoms with Gasteiger partial charge in [-0.1, -0.05) is 6.92 Å². The van der Waals surface area contributed by atoms with E-state index in [4.69, 9.17) is 9.84 Å². The van der Waals surface area contributed by atoms with Crippen LogP contribution in [0, 0.1) is 5.92 Å². The molecule has 1 aromatic rings. The SMILES string of the molecule is CCOc1ncccc1C(=O)N(CC)CC(C)C(=O)O. The Balaban J connectivity index is 2.93. The highest BCUT2D eigenvalue weighted by molar-refractivity contribution is 5.96. The van der Waals surface area contributed by atoms with Crippen molar-refractivity contribution in [2.45, 2.75) is 20.8 Å². The van der Waals surface area contributed by atoms with E-state index >= 15 is 0 Å². The molecular weight excluding hydrogens is 260 g/mol. The maximum absolute atomic E-state index is 12.4. The minimum atomic E-state index is -0.924. The summed E-state index contributed by atoms with van der Waals surface area (Å²) < 4.78 is 5.33. The standard InChI is InChI=1S/C14H20N2O4/c1-4-16(9-10(3)14(18)19)13(17)11-7-6-8-15-12(11)20-5-2/h6-8,10H,4-5,9H2,1-3H3,(H,18,19). The second-order valence-corrected chi connectivity index (χ2v) is 4.37. The molecule has 6 heteroatoms. The molecule has 1 heterocycles.